The minimum atomic E-state index is -0.378. The van der Waals surface area contributed by atoms with Gasteiger partial charge in [0.25, 0.3) is 11.5 Å². The molecule has 0 unspecified atom stereocenters. The molecule has 0 spiro atoms. The van der Waals surface area contributed by atoms with Crippen LogP contribution in [0, 0.1) is 0 Å². The number of rotatable bonds is 2. The molecule has 0 saturated heterocycles. The molecule has 1 amide bonds. The quantitative estimate of drug-likeness (QED) is 0.768. The first-order valence-electron chi connectivity index (χ1n) is 6.56. The summed E-state index contributed by atoms with van der Waals surface area (Å²) in [4.78, 5) is 26.3. The third kappa shape index (κ3) is 2.35. The van der Waals surface area contributed by atoms with Crippen LogP contribution < -0.4 is 16.2 Å². The number of carbonyl (C=O) groups is 1. The van der Waals surface area contributed by atoms with Crippen molar-refractivity contribution in [3.63, 3.8) is 0 Å². The van der Waals surface area contributed by atoms with Crippen molar-refractivity contribution in [2.24, 2.45) is 0 Å². The number of hydrogen-bond acceptors (Lipinski definition) is 3. The summed E-state index contributed by atoms with van der Waals surface area (Å²) in [6, 6.07) is 8.99. The van der Waals surface area contributed by atoms with E-state index in [1.54, 1.807) is 6.07 Å². The first-order valence-corrected chi connectivity index (χ1v) is 6.56. The molecule has 3 rings (SSSR count). The zero-order valence-electron chi connectivity index (χ0n) is 10.9. The summed E-state index contributed by atoms with van der Waals surface area (Å²) < 4.78 is 0. The van der Waals surface area contributed by atoms with Gasteiger partial charge in [0.15, 0.2) is 0 Å². The van der Waals surface area contributed by atoms with Crippen LogP contribution in [0.5, 0.6) is 0 Å². The van der Waals surface area contributed by atoms with Gasteiger partial charge in [-0.25, -0.2) is 0 Å². The van der Waals surface area contributed by atoms with Gasteiger partial charge in [-0.2, -0.15) is 0 Å². The number of aromatic amines is 1. The van der Waals surface area contributed by atoms with E-state index < -0.39 is 0 Å². The van der Waals surface area contributed by atoms with E-state index in [0.29, 0.717) is 0 Å². The highest BCUT2D eigenvalue weighted by molar-refractivity contribution is 6.04. The molecule has 0 fully saturated rings. The molecule has 0 atom stereocenters. The lowest BCUT2D eigenvalue weighted by atomic mass is 9.99. The predicted octanol–water partition coefficient (Wildman–Crippen LogP) is 1.27. The molecule has 20 heavy (non-hydrogen) atoms. The second kappa shape index (κ2) is 5.30. The van der Waals surface area contributed by atoms with E-state index in [9.17, 15) is 9.59 Å². The Hall–Kier alpha value is -2.40. The second-order valence-electron chi connectivity index (χ2n) is 4.74. The number of pyridine rings is 1. The SMILES string of the molecule is O=C(Nc1cccc2c1CCNC2)c1ccc[nH]c1=O. The number of benzene rings is 1. The molecule has 0 radical (unpaired) electrons. The highest BCUT2D eigenvalue weighted by Gasteiger charge is 2.16. The van der Waals surface area contributed by atoms with Crippen molar-refractivity contribution in [3.8, 4) is 0 Å². The molecule has 2 aromatic rings. The zero-order chi connectivity index (χ0) is 13.9. The van der Waals surface area contributed by atoms with E-state index in [2.05, 4.69) is 15.6 Å². The number of nitrogens with one attached hydrogen (secondary N) is 3. The van der Waals surface area contributed by atoms with Crippen molar-refractivity contribution >= 4 is 11.6 Å². The monoisotopic (exact) mass is 269 g/mol. The molecule has 1 aromatic carbocycles. The summed E-state index contributed by atoms with van der Waals surface area (Å²) in [5.41, 5.74) is 2.87. The van der Waals surface area contributed by atoms with Crippen LogP contribution in [0.4, 0.5) is 5.69 Å². The van der Waals surface area contributed by atoms with Gasteiger partial charge in [0, 0.05) is 18.4 Å². The molecule has 0 aliphatic carbocycles. The van der Waals surface area contributed by atoms with Gasteiger partial charge >= 0.3 is 0 Å². The van der Waals surface area contributed by atoms with Gasteiger partial charge in [0.1, 0.15) is 5.56 Å². The molecule has 5 nitrogen and oxygen atoms in total. The van der Waals surface area contributed by atoms with Crippen LogP contribution in [-0.4, -0.2) is 17.4 Å². The first-order chi connectivity index (χ1) is 9.75. The van der Waals surface area contributed by atoms with Gasteiger partial charge in [-0.3, -0.25) is 9.59 Å². The molecule has 0 saturated carbocycles. The molecule has 2 heterocycles. The molecular weight excluding hydrogens is 254 g/mol. The van der Waals surface area contributed by atoms with Gasteiger partial charge in [-0.1, -0.05) is 12.1 Å². The van der Waals surface area contributed by atoms with Crippen molar-refractivity contribution in [1.82, 2.24) is 10.3 Å². The Kier molecular flexibility index (Phi) is 3.35. The van der Waals surface area contributed by atoms with Crippen molar-refractivity contribution in [2.45, 2.75) is 13.0 Å². The van der Waals surface area contributed by atoms with E-state index in [1.807, 2.05) is 18.2 Å². The summed E-state index contributed by atoms with van der Waals surface area (Å²) >= 11 is 0. The molecule has 102 valence electrons. The van der Waals surface area contributed by atoms with E-state index in [0.717, 1.165) is 30.8 Å². The highest BCUT2D eigenvalue weighted by Crippen LogP contribution is 2.23. The minimum absolute atomic E-state index is 0.124. The third-order valence-electron chi connectivity index (χ3n) is 3.45. The van der Waals surface area contributed by atoms with Gasteiger partial charge in [-0.05, 0) is 42.3 Å². The first kappa shape index (κ1) is 12.6. The van der Waals surface area contributed by atoms with Gasteiger partial charge in [0.05, 0.1) is 0 Å². The Morgan fingerprint density at radius 3 is 2.95 bits per heavy atom. The number of amides is 1. The van der Waals surface area contributed by atoms with Crippen molar-refractivity contribution < 1.29 is 4.79 Å². The van der Waals surface area contributed by atoms with Crippen molar-refractivity contribution in [1.29, 1.82) is 0 Å². The fourth-order valence-electron chi connectivity index (χ4n) is 2.44. The van der Waals surface area contributed by atoms with E-state index in [1.165, 1.54) is 17.8 Å². The normalized spacial score (nSPS) is 13.6. The maximum absolute atomic E-state index is 12.2. The van der Waals surface area contributed by atoms with E-state index in [-0.39, 0.29) is 17.0 Å². The fraction of sp³-hybridized carbons (Fsp3) is 0.200. The lowest BCUT2D eigenvalue weighted by Crippen LogP contribution is -2.27. The topological polar surface area (TPSA) is 74.0 Å². The molecule has 1 aromatic heterocycles. The van der Waals surface area contributed by atoms with Gasteiger partial charge in [-0.15, -0.1) is 0 Å². The zero-order valence-corrected chi connectivity index (χ0v) is 10.9. The average Bonchev–Trinajstić information content (AvgIpc) is 2.48. The van der Waals surface area contributed by atoms with Crippen LogP contribution in [-0.2, 0) is 13.0 Å². The van der Waals surface area contributed by atoms with Crippen molar-refractivity contribution in [3.05, 3.63) is 63.6 Å². The Morgan fingerprint density at radius 2 is 2.10 bits per heavy atom. The van der Waals surface area contributed by atoms with Crippen molar-refractivity contribution in [2.75, 3.05) is 11.9 Å². The number of carbonyl (C=O) groups excluding carboxylic acids is 1. The number of H-pyrrole nitrogens is 1. The maximum Gasteiger partial charge on any atom is 0.261 e. The van der Waals surface area contributed by atoms with Crippen LogP contribution in [0.15, 0.2) is 41.3 Å². The van der Waals surface area contributed by atoms with E-state index >= 15 is 0 Å². The summed E-state index contributed by atoms with van der Waals surface area (Å²) in [5, 5.41) is 6.14. The van der Waals surface area contributed by atoms with Gasteiger partial charge < -0.3 is 15.6 Å². The number of anilines is 1. The number of hydrogen-bond donors (Lipinski definition) is 3. The summed E-state index contributed by atoms with van der Waals surface area (Å²) in [6.07, 6.45) is 2.38. The Labute approximate surface area is 116 Å². The Bertz CT molecular complexity index is 706. The fourth-order valence-corrected chi connectivity index (χ4v) is 2.44. The van der Waals surface area contributed by atoms with Gasteiger partial charge in [0.2, 0.25) is 0 Å². The molecule has 1 aliphatic heterocycles. The molecule has 1 aliphatic rings. The minimum Gasteiger partial charge on any atom is -0.328 e. The van der Waals surface area contributed by atoms with Crippen LogP contribution in [0.25, 0.3) is 0 Å². The number of aromatic nitrogens is 1. The van der Waals surface area contributed by atoms with Crippen LogP contribution in [0.2, 0.25) is 0 Å². The smallest absolute Gasteiger partial charge is 0.261 e. The second-order valence-corrected chi connectivity index (χ2v) is 4.74. The standard InChI is InChI=1S/C15H15N3O2/c19-14-12(4-2-7-17-14)15(20)18-13-5-1-3-10-9-16-8-6-11(10)13/h1-5,7,16H,6,8-9H2,(H,17,19)(H,18,20). The lowest BCUT2D eigenvalue weighted by Gasteiger charge is -2.20. The largest absolute Gasteiger partial charge is 0.328 e. The molecule has 5 heteroatoms. The van der Waals surface area contributed by atoms with Crippen LogP contribution in [0.1, 0.15) is 21.5 Å². The molecular formula is C15H15N3O2. The third-order valence-corrected chi connectivity index (χ3v) is 3.45. The van der Waals surface area contributed by atoms with Crippen LogP contribution in [0.3, 0.4) is 0 Å². The highest BCUT2D eigenvalue weighted by atomic mass is 16.2. The van der Waals surface area contributed by atoms with Crippen LogP contribution >= 0.6 is 0 Å². The Balaban J connectivity index is 1.91. The lowest BCUT2D eigenvalue weighted by molar-refractivity contribution is 0.102. The predicted molar refractivity (Wildman–Crippen MR) is 76.9 cm³/mol. The Morgan fingerprint density at radius 1 is 1.20 bits per heavy atom. The summed E-state index contributed by atoms with van der Waals surface area (Å²) in [5.74, 6) is -0.376. The van der Waals surface area contributed by atoms with E-state index in [4.69, 9.17) is 0 Å². The summed E-state index contributed by atoms with van der Waals surface area (Å²) in [7, 11) is 0. The average molecular weight is 269 g/mol. The number of fused-ring (bicyclic) bond motifs is 1. The maximum atomic E-state index is 12.2. The molecule has 3 N–H and O–H groups in total. The molecule has 0 bridgehead atoms. The summed E-state index contributed by atoms with van der Waals surface area (Å²) in [6.45, 7) is 1.71.